The predicted molar refractivity (Wildman–Crippen MR) is 185 cm³/mol. The highest BCUT2D eigenvalue weighted by molar-refractivity contribution is 7.26. The summed E-state index contributed by atoms with van der Waals surface area (Å²) in [6.45, 7) is 0. The molecule has 0 N–H and O–H groups in total. The minimum Gasteiger partial charge on any atom is -0.291 e. The molecular formula is C38H19N3S2. The molecule has 5 heterocycles. The van der Waals surface area contributed by atoms with Gasteiger partial charge in [0.25, 0.3) is 0 Å². The molecule has 11 aromatic rings. The van der Waals surface area contributed by atoms with E-state index in [0.717, 1.165) is 27.8 Å². The summed E-state index contributed by atoms with van der Waals surface area (Å²) in [5, 5.41) is 8.94. The van der Waals surface area contributed by atoms with Gasteiger partial charge in [0.2, 0.25) is 0 Å². The smallest absolute Gasteiger partial charge is 0.165 e. The molecule has 0 aliphatic rings. The second-order valence-corrected chi connectivity index (χ2v) is 13.5. The van der Waals surface area contributed by atoms with Crippen molar-refractivity contribution < 1.29 is 0 Å². The van der Waals surface area contributed by atoms with E-state index < -0.39 is 0 Å². The molecule has 0 fully saturated rings. The quantitative estimate of drug-likeness (QED) is 0.193. The zero-order valence-corrected chi connectivity index (χ0v) is 24.3. The van der Waals surface area contributed by atoms with E-state index in [1.54, 1.807) is 0 Å². The van der Waals surface area contributed by atoms with Crippen LogP contribution in [0.4, 0.5) is 0 Å². The summed E-state index contributed by atoms with van der Waals surface area (Å²) in [4.78, 5) is 10.7. The first kappa shape index (κ1) is 22.5. The average Bonchev–Trinajstić information content (AvgIpc) is 3.79. The number of fused-ring (bicyclic) bond motifs is 14. The predicted octanol–water partition coefficient (Wildman–Crippen LogP) is 11.2. The molecule has 11 rings (SSSR count). The van der Waals surface area contributed by atoms with E-state index in [0.29, 0.717) is 0 Å². The number of nitrogens with zero attached hydrogens (tertiary/aromatic N) is 3. The van der Waals surface area contributed by atoms with Crippen molar-refractivity contribution in [2.45, 2.75) is 0 Å². The molecule has 0 bridgehead atoms. The van der Waals surface area contributed by atoms with Gasteiger partial charge in [0, 0.05) is 56.5 Å². The van der Waals surface area contributed by atoms with Gasteiger partial charge >= 0.3 is 0 Å². The first-order valence-electron chi connectivity index (χ1n) is 14.4. The molecule has 0 aliphatic heterocycles. The SMILES string of the molecule is c1ccc2c(c1)sc1ccc(-c3ccc4nc5c6c7c(cc8c9ccccc9n(c5nc4c3)c86)sc3ccccc37)cc12. The fourth-order valence-corrected chi connectivity index (χ4v) is 9.48. The summed E-state index contributed by atoms with van der Waals surface area (Å²) in [6, 6.07) is 41.9. The Balaban J connectivity index is 1.25. The van der Waals surface area contributed by atoms with Gasteiger partial charge < -0.3 is 0 Å². The van der Waals surface area contributed by atoms with E-state index in [4.69, 9.17) is 9.97 Å². The molecule has 0 amide bonds. The van der Waals surface area contributed by atoms with E-state index in [9.17, 15) is 0 Å². The maximum absolute atomic E-state index is 5.38. The van der Waals surface area contributed by atoms with Gasteiger partial charge in [-0.25, -0.2) is 9.97 Å². The zero-order chi connectivity index (χ0) is 27.8. The van der Waals surface area contributed by atoms with Crippen molar-refractivity contribution in [1.82, 2.24) is 14.4 Å². The van der Waals surface area contributed by atoms with Crippen molar-refractivity contribution >= 4 is 112 Å². The Bertz CT molecular complexity index is 2960. The highest BCUT2D eigenvalue weighted by Gasteiger charge is 2.24. The summed E-state index contributed by atoms with van der Waals surface area (Å²) in [7, 11) is 0. The molecule has 0 radical (unpaired) electrons. The summed E-state index contributed by atoms with van der Waals surface area (Å²) in [5.41, 5.74) is 8.49. The number of benzene rings is 6. The van der Waals surface area contributed by atoms with Gasteiger partial charge in [-0.15, -0.1) is 22.7 Å². The molecule has 0 saturated heterocycles. The van der Waals surface area contributed by atoms with Crippen LogP contribution in [0.1, 0.15) is 0 Å². The fraction of sp³-hybridized carbons (Fsp3) is 0. The maximum Gasteiger partial charge on any atom is 0.165 e. The first-order chi connectivity index (χ1) is 21.3. The summed E-state index contributed by atoms with van der Waals surface area (Å²) in [6.07, 6.45) is 0. The Labute approximate surface area is 252 Å². The van der Waals surface area contributed by atoms with Crippen molar-refractivity contribution in [1.29, 1.82) is 0 Å². The largest absolute Gasteiger partial charge is 0.291 e. The van der Waals surface area contributed by atoms with Gasteiger partial charge in [0.1, 0.15) is 5.52 Å². The summed E-state index contributed by atoms with van der Waals surface area (Å²) >= 11 is 3.72. The molecule has 3 nitrogen and oxygen atoms in total. The Morgan fingerprint density at radius 1 is 0.465 bits per heavy atom. The van der Waals surface area contributed by atoms with Crippen LogP contribution in [0, 0.1) is 0 Å². The lowest BCUT2D eigenvalue weighted by Crippen LogP contribution is -1.90. The molecule has 0 saturated carbocycles. The lowest BCUT2D eigenvalue weighted by Gasteiger charge is -2.05. The lowest BCUT2D eigenvalue weighted by molar-refractivity contribution is 1.28. The molecule has 6 aromatic carbocycles. The lowest BCUT2D eigenvalue weighted by atomic mass is 10.0. The number of hydrogen-bond donors (Lipinski definition) is 0. The normalized spacial score (nSPS) is 12.7. The molecule has 198 valence electrons. The third-order valence-electron chi connectivity index (χ3n) is 9.10. The van der Waals surface area contributed by atoms with Crippen molar-refractivity contribution in [2.75, 3.05) is 0 Å². The molecule has 0 unspecified atom stereocenters. The Morgan fingerprint density at radius 3 is 2.07 bits per heavy atom. The van der Waals surface area contributed by atoms with Gasteiger partial charge in [-0.05, 0) is 59.7 Å². The maximum atomic E-state index is 5.38. The molecule has 0 atom stereocenters. The third-order valence-corrected chi connectivity index (χ3v) is 11.4. The van der Waals surface area contributed by atoms with Crippen LogP contribution in [0.2, 0.25) is 0 Å². The van der Waals surface area contributed by atoms with Crippen LogP contribution >= 0.6 is 22.7 Å². The van der Waals surface area contributed by atoms with E-state index in [-0.39, 0.29) is 0 Å². The molecule has 0 spiro atoms. The van der Waals surface area contributed by atoms with Gasteiger partial charge in [-0.2, -0.15) is 0 Å². The number of rotatable bonds is 1. The van der Waals surface area contributed by atoms with Gasteiger partial charge in [-0.1, -0.05) is 66.7 Å². The van der Waals surface area contributed by atoms with Gasteiger partial charge in [-0.3, -0.25) is 4.40 Å². The standard InChI is InChI=1S/C38H19N3S2/c1-4-10-29-22(7-1)26-19-33-34(24-9-3-6-12-31(24)43-33)35-36-38(41(29)37(26)35)40-28-18-21(13-15-27(28)39-36)20-14-16-32-25(17-20)23-8-2-5-11-30(23)42-32/h1-19H. The van der Waals surface area contributed by atoms with Gasteiger partial charge in [0.05, 0.1) is 22.1 Å². The van der Waals surface area contributed by atoms with E-state index in [2.05, 4.69) is 120 Å². The molecule has 5 heteroatoms. The van der Waals surface area contributed by atoms with Crippen LogP contribution < -0.4 is 0 Å². The van der Waals surface area contributed by atoms with Crippen molar-refractivity contribution in [3.8, 4) is 11.1 Å². The summed E-state index contributed by atoms with van der Waals surface area (Å²) < 4.78 is 7.60. The highest BCUT2D eigenvalue weighted by Crippen LogP contribution is 2.47. The second-order valence-electron chi connectivity index (χ2n) is 11.4. The number of para-hydroxylation sites is 1. The van der Waals surface area contributed by atoms with Crippen LogP contribution in [0.3, 0.4) is 0 Å². The second kappa shape index (κ2) is 7.84. The first-order valence-corrected chi connectivity index (χ1v) is 16.1. The van der Waals surface area contributed by atoms with Crippen LogP contribution in [0.15, 0.2) is 115 Å². The number of aromatic nitrogens is 3. The van der Waals surface area contributed by atoms with Crippen molar-refractivity contribution in [3.63, 3.8) is 0 Å². The third kappa shape index (κ3) is 2.84. The van der Waals surface area contributed by atoms with E-state index in [1.807, 2.05) is 22.7 Å². The minimum absolute atomic E-state index is 0.914. The molecule has 5 aromatic heterocycles. The molecular weight excluding hydrogens is 563 g/mol. The minimum atomic E-state index is 0.914. The Kier molecular flexibility index (Phi) is 4.10. The van der Waals surface area contributed by atoms with Crippen LogP contribution in [0.5, 0.6) is 0 Å². The fourth-order valence-electron chi connectivity index (χ4n) is 7.24. The van der Waals surface area contributed by atoms with Crippen molar-refractivity contribution in [3.05, 3.63) is 115 Å². The van der Waals surface area contributed by atoms with Crippen LogP contribution in [0.25, 0.3) is 101 Å². The highest BCUT2D eigenvalue weighted by atomic mass is 32.1. The average molecular weight is 582 g/mol. The van der Waals surface area contributed by atoms with E-state index >= 15 is 0 Å². The van der Waals surface area contributed by atoms with E-state index in [1.165, 1.54) is 73.1 Å². The molecule has 0 aliphatic carbocycles. The number of hydrogen-bond acceptors (Lipinski definition) is 4. The van der Waals surface area contributed by atoms with Gasteiger partial charge in [0.15, 0.2) is 5.65 Å². The Hall–Kier alpha value is -5.10. The Morgan fingerprint density at radius 2 is 1.16 bits per heavy atom. The van der Waals surface area contributed by atoms with Crippen molar-refractivity contribution in [2.24, 2.45) is 0 Å². The van der Waals surface area contributed by atoms with Crippen LogP contribution in [-0.2, 0) is 0 Å². The zero-order valence-electron chi connectivity index (χ0n) is 22.6. The van der Waals surface area contributed by atoms with Crippen LogP contribution in [-0.4, -0.2) is 14.4 Å². The molecule has 43 heavy (non-hydrogen) atoms. The topological polar surface area (TPSA) is 30.2 Å². The number of thiophene rings is 2. The monoisotopic (exact) mass is 581 g/mol. The summed E-state index contributed by atoms with van der Waals surface area (Å²) in [5.74, 6) is 0.